The summed E-state index contributed by atoms with van der Waals surface area (Å²) in [7, 11) is 1.77. The molecule has 0 atom stereocenters. The number of hydrogen-bond acceptors (Lipinski definition) is 1. The Morgan fingerprint density at radius 3 is 2.46 bits per heavy atom. The van der Waals surface area contributed by atoms with Gasteiger partial charge in [0.15, 0.2) is 0 Å². The van der Waals surface area contributed by atoms with E-state index in [0.29, 0.717) is 0 Å². The van der Waals surface area contributed by atoms with Crippen LogP contribution in [0.25, 0.3) is 0 Å². The van der Waals surface area contributed by atoms with Gasteiger partial charge >= 0.3 is 0 Å². The predicted octanol–water partition coefficient (Wildman–Crippen LogP) is 2.80. The van der Waals surface area contributed by atoms with E-state index in [0.717, 1.165) is 5.75 Å². The van der Waals surface area contributed by atoms with E-state index in [9.17, 15) is 0 Å². The Bertz CT molecular complexity index is 339. The first kappa shape index (κ1) is 8.61. The van der Waals surface area contributed by atoms with E-state index in [1.165, 1.54) is 41.5 Å². The zero-order valence-electron chi connectivity index (χ0n) is 8.61. The molecular weight excluding hydrogens is 160 g/mol. The Morgan fingerprint density at radius 1 is 1.08 bits per heavy atom. The number of methoxy groups -OCH3 is 1. The summed E-state index contributed by atoms with van der Waals surface area (Å²) in [6.45, 7) is 4.33. The van der Waals surface area contributed by atoms with E-state index in [2.05, 4.69) is 19.9 Å². The fourth-order valence-corrected chi connectivity index (χ4v) is 2.43. The number of fused-ring (bicyclic) bond motifs is 1. The lowest BCUT2D eigenvalue weighted by Crippen LogP contribution is -1.96. The minimum atomic E-state index is 1.12. The van der Waals surface area contributed by atoms with Gasteiger partial charge in [-0.05, 0) is 55.4 Å². The fourth-order valence-electron chi connectivity index (χ4n) is 2.43. The summed E-state index contributed by atoms with van der Waals surface area (Å²) in [5.41, 5.74) is 5.70. The molecule has 1 aromatic rings. The van der Waals surface area contributed by atoms with Crippen molar-refractivity contribution in [1.82, 2.24) is 0 Å². The van der Waals surface area contributed by atoms with Gasteiger partial charge in [-0.2, -0.15) is 0 Å². The van der Waals surface area contributed by atoms with Crippen LogP contribution in [0.3, 0.4) is 0 Å². The molecule has 0 N–H and O–H groups in total. The Morgan fingerprint density at radius 2 is 1.77 bits per heavy atom. The first-order chi connectivity index (χ1) is 6.24. The maximum Gasteiger partial charge on any atom is 0.125 e. The summed E-state index contributed by atoms with van der Waals surface area (Å²) >= 11 is 0. The maximum atomic E-state index is 5.44. The molecule has 13 heavy (non-hydrogen) atoms. The van der Waals surface area contributed by atoms with Crippen LogP contribution < -0.4 is 4.74 Å². The molecule has 0 spiro atoms. The largest absolute Gasteiger partial charge is 0.496 e. The molecule has 0 heterocycles. The van der Waals surface area contributed by atoms with Crippen LogP contribution in [0, 0.1) is 13.8 Å². The van der Waals surface area contributed by atoms with Gasteiger partial charge in [0, 0.05) is 0 Å². The smallest absolute Gasteiger partial charge is 0.125 e. The van der Waals surface area contributed by atoms with Gasteiger partial charge in [0.2, 0.25) is 0 Å². The van der Waals surface area contributed by atoms with Crippen LogP contribution in [0.15, 0.2) is 6.07 Å². The SMILES string of the molecule is COc1c(C)cc(C)c2c1CCC2. The van der Waals surface area contributed by atoms with Crippen molar-refractivity contribution in [2.75, 3.05) is 7.11 Å². The van der Waals surface area contributed by atoms with E-state index in [1.807, 2.05) is 0 Å². The molecule has 70 valence electrons. The Kier molecular flexibility index (Phi) is 2.03. The van der Waals surface area contributed by atoms with Gasteiger partial charge in [-0.1, -0.05) is 6.07 Å². The second-order valence-corrected chi connectivity index (χ2v) is 3.85. The number of benzene rings is 1. The molecule has 1 aliphatic rings. The van der Waals surface area contributed by atoms with Crippen LogP contribution in [0.5, 0.6) is 5.75 Å². The molecule has 0 unspecified atom stereocenters. The standard InChI is InChI=1S/C12H16O/c1-8-7-9(2)12(13-3)11-6-4-5-10(8)11/h7H,4-6H2,1-3H3. The van der Waals surface area contributed by atoms with Gasteiger partial charge in [-0.15, -0.1) is 0 Å². The lowest BCUT2D eigenvalue weighted by Gasteiger charge is -2.12. The third-order valence-corrected chi connectivity index (χ3v) is 2.96. The van der Waals surface area contributed by atoms with Crippen LogP contribution in [-0.4, -0.2) is 7.11 Å². The Labute approximate surface area is 79.7 Å². The van der Waals surface area contributed by atoms with E-state index in [4.69, 9.17) is 4.74 Å². The summed E-state index contributed by atoms with van der Waals surface area (Å²) in [6, 6.07) is 2.24. The molecule has 0 aromatic heterocycles. The molecule has 2 rings (SSSR count). The minimum Gasteiger partial charge on any atom is -0.496 e. The van der Waals surface area contributed by atoms with E-state index >= 15 is 0 Å². The second-order valence-electron chi connectivity index (χ2n) is 3.85. The third kappa shape index (κ3) is 1.23. The average Bonchev–Trinajstić information content (AvgIpc) is 2.53. The van der Waals surface area contributed by atoms with Gasteiger partial charge in [0.25, 0.3) is 0 Å². The van der Waals surface area contributed by atoms with Crippen molar-refractivity contribution in [2.45, 2.75) is 33.1 Å². The van der Waals surface area contributed by atoms with Crippen LogP contribution in [0.2, 0.25) is 0 Å². The van der Waals surface area contributed by atoms with Crippen molar-refractivity contribution in [2.24, 2.45) is 0 Å². The fraction of sp³-hybridized carbons (Fsp3) is 0.500. The highest BCUT2D eigenvalue weighted by molar-refractivity contribution is 5.51. The number of rotatable bonds is 1. The predicted molar refractivity (Wildman–Crippen MR) is 54.5 cm³/mol. The molecule has 1 aliphatic carbocycles. The normalized spacial score (nSPS) is 14.4. The van der Waals surface area contributed by atoms with Gasteiger partial charge in [0.05, 0.1) is 7.11 Å². The van der Waals surface area contributed by atoms with Crippen molar-refractivity contribution in [3.05, 3.63) is 28.3 Å². The molecule has 1 heteroatoms. The molecule has 1 nitrogen and oxygen atoms in total. The van der Waals surface area contributed by atoms with Gasteiger partial charge in [0.1, 0.15) is 5.75 Å². The zero-order chi connectivity index (χ0) is 9.42. The minimum absolute atomic E-state index is 1.12. The summed E-state index contributed by atoms with van der Waals surface area (Å²) in [6.07, 6.45) is 3.72. The van der Waals surface area contributed by atoms with Crippen LogP contribution in [0.1, 0.15) is 28.7 Å². The maximum absolute atomic E-state index is 5.44. The molecule has 0 radical (unpaired) electrons. The molecular formula is C12H16O. The van der Waals surface area contributed by atoms with Crippen LogP contribution in [0.4, 0.5) is 0 Å². The monoisotopic (exact) mass is 176 g/mol. The number of aryl methyl sites for hydroxylation is 2. The third-order valence-electron chi connectivity index (χ3n) is 2.96. The second kappa shape index (κ2) is 3.06. The van der Waals surface area contributed by atoms with Crippen molar-refractivity contribution in [3.63, 3.8) is 0 Å². The lowest BCUT2D eigenvalue weighted by atomic mass is 10.00. The average molecular weight is 176 g/mol. The summed E-state index contributed by atoms with van der Waals surface area (Å²) in [5.74, 6) is 1.12. The van der Waals surface area contributed by atoms with E-state index in [-0.39, 0.29) is 0 Å². The van der Waals surface area contributed by atoms with E-state index < -0.39 is 0 Å². The molecule has 0 fully saturated rings. The first-order valence-electron chi connectivity index (χ1n) is 4.90. The first-order valence-corrected chi connectivity index (χ1v) is 4.90. The summed E-state index contributed by atoms with van der Waals surface area (Å²) in [5, 5.41) is 0. The van der Waals surface area contributed by atoms with Crippen molar-refractivity contribution in [1.29, 1.82) is 0 Å². The van der Waals surface area contributed by atoms with Crippen molar-refractivity contribution >= 4 is 0 Å². The van der Waals surface area contributed by atoms with Gasteiger partial charge < -0.3 is 4.74 Å². The highest BCUT2D eigenvalue weighted by Gasteiger charge is 2.19. The Hall–Kier alpha value is -0.980. The quantitative estimate of drug-likeness (QED) is 0.639. The Balaban J connectivity index is 2.65. The summed E-state index contributed by atoms with van der Waals surface area (Å²) < 4.78 is 5.44. The van der Waals surface area contributed by atoms with Crippen molar-refractivity contribution < 1.29 is 4.74 Å². The van der Waals surface area contributed by atoms with Crippen LogP contribution >= 0.6 is 0 Å². The molecule has 0 saturated heterocycles. The molecule has 0 saturated carbocycles. The molecule has 0 aliphatic heterocycles. The lowest BCUT2D eigenvalue weighted by molar-refractivity contribution is 0.407. The van der Waals surface area contributed by atoms with Crippen LogP contribution in [-0.2, 0) is 12.8 Å². The summed E-state index contributed by atoms with van der Waals surface area (Å²) in [4.78, 5) is 0. The highest BCUT2D eigenvalue weighted by atomic mass is 16.5. The zero-order valence-corrected chi connectivity index (χ0v) is 8.61. The highest BCUT2D eigenvalue weighted by Crippen LogP contribution is 2.35. The van der Waals surface area contributed by atoms with Gasteiger partial charge in [-0.25, -0.2) is 0 Å². The van der Waals surface area contributed by atoms with Crippen molar-refractivity contribution in [3.8, 4) is 5.75 Å². The number of hydrogen-bond donors (Lipinski definition) is 0. The topological polar surface area (TPSA) is 9.23 Å². The molecule has 1 aromatic carbocycles. The van der Waals surface area contributed by atoms with Gasteiger partial charge in [-0.3, -0.25) is 0 Å². The molecule has 0 bridgehead atoms. The number of ether oxygens (including phenoxy) is 1. The van der Waals surface area contributed by atoms with E-state index in [1.54, 1.807) is 7.11 Å². The molecule has 0 amide bonds.